The molecule has 13 heavy (non-hydrogen) atoms. The van der Waals surface area contributed by atoms with Crippen LogP contribution in [0, 0.1) is 5.92 Å². The third-order valence-electron chi connectivity index (χ3n) is 1.56. The second kappa shape index (κ2) is 4.91. The van der Waals surface area contributed by atoms with Crippen molar-refractivity contribution in [3.63, 3.8) is 0 Å². The van der Waals surface area contributed by atoms with Gasteiger partial charge in [-0.1, -0.05) is 25.2 Å². The first kappa shape index (κ1) is 10.1. The van der Waals surface area contributed by atoms with Crippen molar-refractivity contribution in [2.24, 2.45) is 5.92 Å². The van der Waals surface area contributed by atoms with Gasteiger partial charge in [-0.2, -0.15) is 0 Å². The van der Waals surface area contributed by atoms with E-state index in [4.69, 9.17) is 0 Å². The van der Waals surface area contributed by atoms with Crippen molar-refractivity contribution in [2.75, 3.05) is 5.32 Å². The number of anilines is 1. The van der Waals surface area contributed by atoms with E-state index in [-0.39, 0.29) is 5.91 Å². The van der Waals surface area contributed by atoms with Crippen molar-refractivity contribution in [2.45, 2.75) is 26.7 Å². The molecule has 0 aliphatic heterocycles. The first-order valence-electron chi connectivity index (χ1n) is 4.24. The lowest BCUT2D eigenvalue weighted by Crippen LogP contribution is -2.11. The van der Waals surface area contributed by atoms with Crippen LogP contribution in [-0.2, 0) is 4.79 Å². The van der Waals surface area contributed by atoms with E-state index in [1.54, 1.807) is 5.51 Å². The van der Waals surface area contributed by atoms with E-state index in [0.717, 1.165) is 6.42 Å². The van der Waals surface area contributed by atoms with Gasteiger partial charge in [0.05, 0.1) is 0 Å². The molecule has 1 amide bonds. The van der Waals surface area contributed by atoms with Gasteiger partial charge in [0.15, 0.2) is 0 Å². The third-order valence-corrected chi connectivity index (χ3v) is 2.16. The summed E-state index contributed by atoms with van der Waals surface area (Å²) in [5, 5.41) is 10.6. The smallest absolute Gasteiger partial charge is 0.226 e. The molecule has 0 saturated carbocycles. The van der Waals surface area contributed by atoms with Crippen molar-refractivity contribution in [3.8, 4) is 0 Å². The van der Waals surface area contributed by atoms with Crippen LogP contribution in [0.25, 0.3) is 0 Å². The molecule has 0 atom stereocenters. The monoisotopic (exact) mass is 199 g/mol. The summed E-state index contributed by atoms with van der Waals surface area (Å²) in [4.78, 5) is 11.2. The molecule has 0 bridgehead atoms. The second-order valence-electron chi connectivity index (χ2n) is 3.22. The summed E-state index contributed by atoms with van der Waals surface area (Å²) >= 11 is 1.33. The van der Waals surface area contributed by atoms with Gasteiger partial charge in [-0.3, -0.25) is 4.79 Å². The predicted octanol–water partition coefficient (Wildman–Crippen LogP) is 1.91. The Morgan fingerprint density at radius 1 is 1.69 bits per heavy atom. The van der Waals surface area contributed by atoms with Crippen LogP contribution in [0.15, 0.2) is 5.51 Å². The van der Waals surface area contributed by atoms with Crippen LogP contribution < -0.4 is 5.32 Å². The second-order valence-corrected chi connectivity index (χ2v) is 4.06. The minimum Gasteiger partial charge on any atom is -0.301 e. The van der Waals surface area contributed by atoms with Crippen LogP contribution in [0.2, 0.25) is 0 Å². The van der Waals surface area contributed by atoms with Crippen molar-refractivity contribution < 1.29 is 4.79 Å². The maximum Gasteiger partial charge on any atom is 0.226 e. The normalized spacial score (nSPS) is 10.4. The van der Waals surface area contributed by atoms with Gasteiger partial charge in [-0.15, -0.1) is 10.2 Å². The molecule has 0 radical (unpaired) electrons. The lowest BCUT2D eigenvalue weighted by Gasteiger charge is -2.03. The van der Waals surface area contributed by atoms with Crippen molar-refractivity contribution in [3.05, 3.63) is 5.51 Å². The van der Waals surface area contributed by atoms with Gasteiger partial charge in [0.2, 0.25) is 11.0 Å². The first-order valence-corrected chi connectivity index (χ1v) is 5.12. The summed E-state index contributed by atoms with van der Waals surface area (Å²) in [5.41, 5.74) is 1.60. The van der Waals surface area contributed by atoms with Crippen molar-refractivity contribution in [1.29, 1.82) is 0 Å². The van der Waals surface area contributed by atoms with Crippen LogP contribution in [0.4, 0.5) is 5.13 Å². The zero-order chi connectivity index (χ0) is 9.68. The number of hydrogen-bond donors (Lipinski definition) is 1. The molecule has 1 heterocycles. The molecule has 0 aliphatic carbocycles. The average molecular weight is 199 g/mol. The number of nitrogens with zero attached hydrogens (tertiary/aromatic N) is 2. The van der Waals surface area contributed by atoms with Gasteiger partial charge in [0.1, 0.15) is 5.51 Å². The highest BCUT2D eigenvalue weighted by molar-refractivity contribution is 7.13. The molecule has 1 N–H and O–H groups in total. The van der Waals surface area contributed by atoms with E-state index >= 15 is 0 Å². The highest BCUT2D eigenvalue weighted by Gasteiger charge is 2.05. The lowest BCUT2D eigenvalue weighted by molar-refractivity contribution is -0.116. The fourth-order valence-electron chi connectivity index (χ4n) is 0.829. The van der Waals surface area contributed by atoms with Gasteiger partial charge >= 0.3 is 0 Å². The molecule has 1 aromatic rings. The number of hydrogen-bond acceptors (Lipinski definition) is 4. The van der Waals surface area contributed by atoms with Crippen LogP contribution in [0.5, 0.6) is 0 Å². The highest BCUT2D eigenvalue weighted by Crippen LogP contribution is 2.10. The number of amides is 1. The number of carbonyl (C=O) groups is 1. The number of carbonyl (C=O) groups excluding carboxylic acids is 1. The highest BCUT2D eigenvalue weighted by atomic mass is 32.1. The van der Waals surface area contributed by atoms with Crippen molar-refractivity contribution in [1.82, 2.24) is 10.2 Å². The maximum absolute atomic E-state index is 11.2. The third kappa shape index (κ3) is 3.98. The minimum atomic E-state index is 0.0189. The standard InChI is InChI=1S/C8H13N3OS/c1-6(2)3-4-7(12)10-8-11-9-5-13-8/h5-6H,3-4H2,1-2H3,(H,10,11,12). The summed E-state index contributed by atoms with van der Waals surface area (Å²) in [6.45, 7) is 4.19. The largest absolute Gasteiger partial charge is 0.301 e. The fourth-order valence-corrected chi connectivity index (χ4v) is 1.29. The molecule has 0 aromatic carbocycles. The molecule has 0 aliphatic rings. The molecule has 5 heteroatoms. The molecular weight excluding hydrogens is 186 g/mol. The van der Waals surface area contributed by atoms with Crippen LogP contribution >= 0.6 is 11.3 Å². The van der Waals surface area contributed by atoms with E-state index < -0.39 is 0 Å². The van der Waals surface area contributed by atoms with Gasteiger partial charge in [-0.05, 0) is 12.3 Å². The summed E-state index contributed by atoms with van der Waals surface area (Å²) in [6, 6.07) is 0. The number of nitrogens with one attached hydrogen (secondary N) is 1. The lowest BCUT2D eigenvalue weighted by atomic mass is 10.1. The molecule has 1 aromatic heterocycles. The quantitative estimate of drug-likeness (QED) is 0.806. The SMILES string of the molecule is CC(C)CCC(=O)Nc1nncs1. The maximum atomic E-state index is 11.2. The molecule has 0 spiro atoms. The molecule has 0 saturated heterocycles. The number of aromatic nitrogens is 2. The van der Waals surface area contributed by atoms with Crippen LogP contribution in [0.1, 0.15) is 26.7 Å². The molecular formula is C8H13N3OS. The Balaban J connectivity index is 2.26. The van der Waals surface area contributed by atoms with Gasteiger partial charge in [0, 0.05) is 6.42 Å². The Labute approximate surface area is 81.4 Å². The van der Waals surface area contributed by atoms with E-state index in [1.165, 1.54) is 11.3 Å². The zero-order valence-electron chi connectivity index (χ0n) is 7.78. The number of rotatable bonds is 4. The van der Waals surface area contributed by atoms with Gasteiger partial charge in [0.25, 0.3) is 0 Å². The summed E-state index contributed by atoms with van der Waals surface area (Å²) in [6.07, 6.45) is 1.46. The molecule has 1 rings (SSSR count). The van der Waals surface area contributed by atoms with E-state index in [1.807, 2.05) is 0 Å². The molecule has 4 nitrogen and oxygen atoms in total. The molecule has 0 fully saturated rings. The summed E-state index contributed by atoms with van der Waals surface area (Å²) < 4.78 is 0. The first-order chi connectivity index (χ1) is 6.18. The van der Waals surface area contributed by atoms with Crippen LogP contribution in [0.3, 0.4) is 0 Å². The Morgan fingerprint density at radius 2 is 2.46 bits per heavy atom. The Kier molecular flexibility index (Phi) is 3.82. The Bertz CT molecular complexity index is 258. The molecule has 72 valence electrons. The van der Waals surface area contributed by atoms with Crippen LogP contribution in [-0.4, -0.2) is 16.1 Å². The average Bonchev–Trinajstić information content (AvgIpc) is 2.53. The predicted molar refractivity (Wildman–Crippen MR) is 52.6 cm³/mol. The fraction of sp³-hybridized carbons (Fsp3) is 0.625. The van der Waals surface area contributed by atoms with E-state index in [2.05, 4.69) is 29.4 Å². The van der Waals surface area contributed by atoms with Gasteiger partial charge < -0.3 is 5.32 Å². The Morgan fingerprint density at radius 3 is 3.00 bits per heavy atom. The van der Waals surface area contributed by atoms with Crippen molar-refractivity contribution >= 4 is 22.4 Å². The summed E-state index contributed by atoms with van der Waals surface area (Å²) in [5.74, 6) is 0.575. The zero-order valence-corrected chi connectivity index (χ0v) is 8.60. The minimum absolute atomic E-state index is 0.0189. The van der Waals surface area contributed by atoms with E-state index in [9.17, 15) is 4.79 Å². The summed E-state index contributed by atoms with van der Waals surface area (Å²) in [7, 11) is 0. The molecule has 0 unspecified atom stereocenters. The van der Waals surface area contributed by atoms with Gasteiger partial charge in [-0.25, -0.2) is 0 Å². The topological polar surface area (TPSA) is 54.9 Å². The van der Waals surface area contributed by atoms with E-state index in [0.29, 0.717) is 17.5 Å². The Hall–Kier alpha value is -0.970.